The maximum absolute atomic E-state index is 12.8. The number of piperazine rings is 1. The molecule has 2 aromatic heterocycles. The molecule has 2 fully saturated rings. The van der Waals surface area contributed by atoms with E-state index in [0.29, 0.717) is 11.3 Å². The van der Waals surface area contributed by atoms with Crippen LogP contribution in [0.15, 0.2) is 40.2 Å². The Labute approximate surface area is 191 Å². The summed E-state index contributed by atoms with van der Waals surface area (Å²) in [6.45, 7) is 4.87. The Hall–Kier alpha value is -3.40. The molecule has 3 aromatic rings. The molecule has 10 heteroatoms. The Morgan fingerprint density at radius 3 is 2.61 bits per heavy atom. The third kappa shape index (κ3) is 4.30. The number of hydrogen-bond acceptors (Lipinski definition) is 6. The summed E-state index contributed by atoms with van der Waals surface area (Å²) >= 11 is 0. The van der Waals surface area contributed by atoms with E-state index < -0.39 is 17.2 Å². The van der Waals surface area contributed by atoms with Gasteiger partial charge in [0.1, 0.15) is 6.54 Å². The van der Waals surface area contributed by atoms with Crippen molar-refractivity contribution in [3.8, 4) is 0 Å². The highest BCUT2D eigenvalue weighted by Crippen LogP contribution is 2.30. The zero-order valence-corrected chi connectivity index (χ0v) is 19.0. The van der Waals surface area contributed by atoms with Crippen molar-refractivity contribution in [2.75, 3.05) is 42.9 Å². The summed E-state index contributed by atoms with van der Waals surface area (Å²) in [5.74, 6) is 0.472. The summed E-state index contributed by atoms with van der Waals surface area (Å²) in [5, 5.41) is 2.84. The summed E-state index contributed by atoms with van der Waals surface area (Å²) in [6, 6.07) is 7.72. The van der Waals surface area contributed by atoms with Gasteiger partial charge in [-0.3, -0.25) is 19.1 Å². The van der Waals surface area contributed by atoms with Crippen molar-refractivity contribution < 1.29 is 4.79 Å². The number of benzene rings is 1. The van der Waals surface area contributed by atoms with Gasteiger partial charge in [-0.2, -0.15) is 0 Å². The van der Waals surface area contributed by atoms with Crippen LogP contribution in [-0.2, 0) is 25.4 Å². The number of amides is 1. The minimum absolute atomic E-state index is 0.285. The van der Waals surface area contributed by atoms with Crippen molar-refractivity contribution in [3.05, 3.63) is 51.4 Å². The van der Waals surface area contributed by atoms with Crippen LogP contribution in [0.1, 0.15) is 12.8 Å². The second-order valence-electron chi connectivity index (χ2n) is 9.09. The van der Waals surface area contributed by atoms with Gasteiger partial charge in [-0.25, -0.2) is 14.3 Å². The minimum atomic E-state index is -0.570. The molecule has 1 saturated heterocycles. The molecule has 3 heterocycles. The Balaban J connectivity index is 1.28. The number of carbonyl (C=O) groups excluding carboxylic acids is 1. The van der Waals surface area contributed by atoms with Crippen LogP contribution in [0.2, 0.25) is 0 Å². The van der Waals surface area contributed by atoms with Gasteiger partial charge in [-0.1, -0.05) is 6.07 Å². The molecule has 0 spiro atoms. The van der Waals surface area contributed by atoms with E-state index in [1.54, 1.807) is 18.7 Å². The lowest BCUT2D eigenvalue weighted by Gasteiger charge is -2.36. The normalized spacial score (nSPS) is 17.0. The molecule has 0 atom stereocenters. The van der Waals surface area contributed by atoms with Crippen LogP contribution in [0.3, 0.4) is 0 Å². The molecule has 1 aliphatic heterocycles. The molecule has 1 aromatic carbocycles. The monoisotopic (exact) mass is 451 g/mol. The second kappa shape index (κ2) is 8.51. The lowest BCUT2D eigenvalue weighted by atomic mass is 10.2. The fraction of sp³-hybridized carbons (Fsp3) is 0.478. The van der Waals surface area contributed by atoms with Gasteiger partial charge in [-0.05, 0) is 37.0 Å². The Bertz CT molecular complexity index is 1310. The molecule has 2 aliphatic rings. The van der Waals surface area contributed by atoms with Crippen molar-refractivity contribution in [3.63, 3.8) is 0 Å². The molecule has 0 radical (unpaired) electrons. The highest BCUT2D eigenvalue weighted by molar-refractivity contribution is 5.91. The summed E-state index contributed by atoms with van der Waals surface area (Å²) in [6.07, 6.45) is 4.22. The number of aromatic nitrogens is 4. The number of anilines is 2. The predicted molar refractivity (Wildman–Crippen MR) is 127 cm³/mol. The van der Waals surface area contributed by atoms with Crippen LogP contribution >= 0.6 is 0 Å². The molecule has 1 aliphatic carbocycles. The van der Waals surface area contributed by atoms with Gasteiger partial charge in [-0.15, -0.1) is 0 Å². The first-order chi connectivity index (χ1) is 15.9. The fourth-order valence-electron chi connectivity index (χ4n) is 4.51. The van der Waals surface area contributed by atoms with Crippen molar-refractivity contribution in [2.24, 2.45) is 20.0 Å². The van der Waals surface area contributed by atoms with E-state index in [1.165, 1.54) is 30.3 Å². The topological polar surface area (TPSA) is 97.4 Å². The Morgan fingerprint density at radius 1 is 1.12 bits per heavy atom. The summed E-state index contributed by atoms with van der Waals surface area (Å²) in [4.78, 5) is 47.2. The second-order valence-corrected chi connectivity index (χ2v) is 9.09. The van der Waals surface area contributed by atoms with Crippen molar-refractivity contribution >= 4 is 28.4 Å². The molecule has 0 bridgehead atoms. The molecule has 1 saturated carbocycles. The standard InChI is InChI=1S/C23H29N7O3/c1-26-15-24-21-20(26)22(32)30(23(33)27(21)2)14-19(31)25-17-4-3-5-18(12-17)29-10-8-28(9-11-29)13-16-6-7-16/h3-5,12,15-16H,6-11,13-14H2,1-2H3,(H,25,31). The first kappa shape index (κ1) is 21.4. The van der Waals surface area contributed by atoms with Gasteiger partial charge in [0.15, 0.2) is 11.2 Å². The molecule has 174 valence electrons. The van der Waals surface area contributed by atoms with Crippen LogP contribution in [-0.4, -0.2) is 62.2 Å². The van der Waals surface area contributed by atoms with Crippen molar-refractivity contribution in [1.82, 2.24) is 23.6 Å². The number of carbonyl (C=O) groups is 1. The molecule has 1 amide bonds. The number of rotatable bonds is 6. The van der Waals surface area contributed by atoms with Crippen LogP contribution < -0.4 is 21.5 Å². The Kier molecular flexibility index (Phi) is 5.53. The van der Waals surface area contributed by atoms with Gasteiger partial charge in [0.25, 0.3) is 5.56 Å². The van der Waals surface area contributed by atoms with Crippen LogP contribution in [0.25, 0.3) is 11.2 Å². The lowest BCUT2D eigenvalue weighted by molar-refractivity contribution is -0.116. The minimum Gasteiger partial charge on any atom is -0.369 e. The first-order valence-electron chi connectivity index (χ1n) is 11.4. The van der Waals surface area contributed by atoms with Gasteiger partial charge in [0, 0.05) is 58.2 Å². The lowest BCUT2D eigenvalue weighted by Crippen LogP contribution is -2.47. The third-order valence-corrected chi connectivity index (χ3v) is 6.58. The average Bonchev–Trinajstić information content (AvgIpc) is 3.54. The number of nitrogens with one attached hydrogen (secondary N) is 1. The zero-order chi connectivity index (χ0) is 23.1. The number of hydrogen-bond donors (Lipinski definition) is 1. The molecule has 0 unspecified atom stereocenters. The molecule has 10 nitrogen and oxygen atoms in total. The van der Waals surface area contributed by atoms with Crippen LogP contribution in [0, 0.1) is 5.92 Å². The van der Waals surface area contributed by atoms with E-state index in [1.807, 2.05) is 24.3 Å². The summed E-state index contributed by atoms with van der Waals surface area (Å²) in [5.41, 5.74) is 1.19. The van der Waals surface area contributed by atoms with Gasteiger partial charge in [0.2, 0.25) is 5.91 Å². The van der Waals surface area contributed by atoms with E-state index in [0.717, 1.165) is 42.4 Å². The van der Waals surface area contributed by atoms with Crippen LogP contribution in [0.4, 0.5) is 11.4 Å². The summed E-state index contributed by atoms with van der Waals surface area (Å²) in [7, 11) is 3.22. The maximum Gasteiger partial charge on any atom is 0.332 e. The number of aryl methyl sites for hydroxylation is 2. The highest BCUT2D eigenvalue weighted by Gasteiger charge is 2.26. The maximum atomic E-state index is 12.8. The molecular weight excluding hydrogens is 422 g/mol. The number of fused-ring (bicyclic) bond motifs is 1. The van der Waals surface area contributed by atoms with Crippen molar-refractivity contribution in [1.29, 1.82) is 0 Å². The zero-order valence-electron chi connectivity index (χ0n) is 19.0. The number of nitrogens with zero attached hydrogens (tertiary/aromatic N) is 6. The van der Waals surface area contributed by atoms with Gasteiger partial charge in [0.05, 0.1) is 6.33 Å². The van der Waals surface area contributed by atoms with Gasteiger partial charge >= 0.3 is 5.69 Å². The van der Waals surface area contributed by atoms with Crippen molar-refractivity contribution in [2.45, 2.75) is 19.4 Å². The van der Waals surface area contributed by atoms with E-state index in [4.69, 9.17) is 0 Å². The average molecular weight is 452 g/mol. The third-order valence-electron chi connectivity index (χ3n) is 6.58. The number of imidazole rings is 1. The molecule has 1 N–H and O–H groups in total. The molecule has 33 heavy (non-hydrogen) atoms. The quantitative estimate of drug-likeness (QED) is 0.590. The molecular formula is C23H29N7O3. The smallest absolute Gasteiger partial charge is 0.332 e. The summed E-state index contributed by atoms with van der Waals surface area (Å²) < 4.78 is 3.79. The fourth-order valence-corrected chi connectivity index (χ4v) is 4.51. The highest BCUT2D eigenvalue weighted by atomic mass is 16.2. The SMILES string of the molecule is Cn1cnc2c1c(=O)n(CC(=O)Nc1cccc(N3CCN(CC4CC4)CC3)c1)c(=O)n2C. The molecule has 5 rings (SSSR count). The first-order valence-corrected chi connectivity index (χ1v) is 11.4. The van der Waals surface area contributed by atoms with E-state index in [9.17, 15) is 14.4 Å². The van der Waals surface area contributed by atoms with E-state index >= 15 is 0 Å². The Morgan fingerprint density at radius 2 is 1.88 bits per heavy atom. The largest absolute Gasteiger partial charge is 0.369 e. The van der Waals surface area contributed by atoms with Gasteiger partial charge < -0.3 is 14.8 Å². The van der Waals surface area contributed by atoms with E-state index in [2.05, 4.69) is 20.1 Å². The predicted octanol–water partition coefficient (Wildman–Crippen LogP) is 0.604. The van der Waals surface area contributed by atoms with E-state index in [-0.39, 0.29) is 12.1 Å². The van der Waals surface area contributed by atoms with Crippen LogP contribution in [0.5, 0.6) is 0 Å².